The van der Waals surface area contributed by atoms with Crippen molar-refractivity contribution >= 4 is 0 Å². The summed E-state index contributed by atoms with van der Waals surface area (Å²) >= 11 is 0. The van der Waals surface area contributed by atoms with Gasteiger partial charge in [-0.25, -0.2) is 0 Å². The SMILES string of the molecule is COC1=C(C(C)c2ccccc2)CC=C(C)O1. The van der Waals surface area contributed by atoms with Gasteiger partial charge < -0.3 is 9.47 Å². The summed E-state index contributed by atoms with van der Waals surface area (Å²) < 4.78 is 10.9. The molecule has 1 atom stereocenters. The predicted molar refractivity (Wildman–Crippen MR) is 68.4 cm³/mol. The maximum atomic E-state index is 5.61. The van der Waals surface area contributed by atoms with Crippen molar-refractivity contribution in [3.8, 4) is 0 Å². The van der Waals surface area contributed by atoms with E-state index in [4.69, 9.17) is 9.47 Å². The molecule has 2 heteroatoms. The minimum Gasteiger partial charge on any atom is -0.468 e. The summed E-state index contributed by atoms with van der Waals surface area (Å²) in [5.41, 5.74) is 2.48. The second-order valence-electron chi connectivity index (χ2n) is 4.27. The summed E-state index contributed by atoms with van der Waals surface area (Å²) in [6.07, 6.45) is 2.99. The lowest BCUT2D eigenvalue weighted by Crippen LogP contribution is -2.09. The van der Waals surface area contributed by atoms with E-state index >= 15 is 0 Å². The number of methoxy groups -OCH3 is 1. The van der Waals surface area contributed by atoms with Gasteiger partial charge in [-0.15, -0.1) is 0 Å². The van der Waals surface area contributed by atoms with E-state index < -0.39 is 0 Å². The van der Waals surface area contributed by atoms with Gasteiger partial charge in [0.25, 0.3) is 5.95 Å². The molecule has 1 aromatic rings. The van der Waals surface area contributed by atoms with Crippen molar-refractivity contribution < 1.29 is 9.47 Å². The third-order valence-corrected chi connectivity index (χ3v) is 3.13. The van der Waals surface area contributed by atoms with Crippen molar-refractivity contribution in [1.82, 2.24) is 0 Å². The third kappa shape index (κ3) is 2.52. The van der Waals surface area contributed by atoms with Crippen molar-refractivity contribution in [3.05, 3.63) is 59.2 Å². The summed E-state index contributed by atoms with van der Waals surface area (Å²) in [7, 11) is 1.66. The van der Waals surface area contributed by atoms with Gasteiger partial charge in [0, 0.05) is 11.5 Å². The Kier molecular flexibility index (Phi) is 3.52. The van der Waals surface area contributed by atoms with Gasteiger partial charge in [-0.1, -0.05) is 37.3 Å². The Balaban J connectivity index is 2.27. The number of hydrogen-bond donors (Lipinski definition) is 0. The fourth-order valence-corrected chi connectivity index (χ4v) is 2.06. The highest BCUT2D eigenvalue weighted by Gasteiger charge is 2.21. The van der Waals surface area contributed by atoms with Crippen LogP contribution in [0.15, 0.2) is 53.7 Å². The first-order valence-corrected chi connectivity index (χ1v) is 5.89. The number of hydrogen-bond acceptors (Lipinski definition) is 2. The highest BCUT2D eigenvalue weighted by molar-refractivity contribution is 5.31. The molecule has 0 amide bonds. The van der Waals surface area contributed by atoms with Gasteiger partial charge in [-0.3, -0.25) is 0 Å². The highest BCUT2D eigenvalue weighted by atomic mass is 16.7. The van der Waals surface area contributed by atoms with Crippen LogP contribution < -0.4 is 0 Å². The molecule has 0 aliphatic carbocycles. The minimum absolute atomic E-state index is 0.315. The monoisotopic (exact) mass is 230 g/mol. The molecule has 1 aromatic carbocycles. The molecule has 1 unspecified atom stereocenters. The van der Waals surface area contributed by atoms with Crippen molar-refractivity contribution in [3.63, 3.8) is 0 Å². The predicted octanol–water partition coefficient (Wildman–Crippen LogP) is 3.97. The van der Waals surface area contributed by atoms with Crippen molar-refractivity contribution in [2.75, 3.05) is 7.11 Å². The zero-order chi connectivity index (χ0) is 12.3. The highest BCUT2D eigenvalue weighted by Crippen LogP contribution is 2.33. The van der Waals surface area contributed by atoms with Gasteiger partial charge in [-0.2, -0.15) is 0 Å². The Labute approximate surface area is 103 Å². The number of benzene rings is 1. The normalized spacial score (nSPS) is 17.2. The minimum atomic E-state index is 0.315. The Morgan fingerprint density at radius 3 is 2.59 bits per heavy atom. The fourth-order valence-electron chi connectivity index (χ4n) is 2.06. The second kappa shape index (κ2) is 5.09. The molecule has 0 bridgehead atoms. The molecule has 17 heavy (non-hydrogen) atoms. The quantitative estimate of drug-likeness (QED) is 0.782. The van der Waals surface area contributed by atoms with E-state index in [-0.39, 0.29) is 0 Å². The Hall–Kier alpha value is -1.70. The summed E-state index contributed by atoms with van der Waals surface area (Å²) in [4.78, 5) is 0. The zero-order valence-electron chi connectivity index (χ0n) is 10.6. The maximum absolute atomic E-state index is 5.61. The molecular formula is C15H18O2. The molecule has 0 radical (unpaired) electrons. The molecule has 0 spiro atoms. The Bertz CT molecular complexity index is 443. The first-order valence-electron chi connectivity index (χ1n) is 5.89. The molecule has 1 aliphatic rings. The van der Waals surface area contributed by atoms with Crippen molar-refractivity contribution in [2.45, 2.75) is 26.2 Å². The summed E-state index contributed by atoms with van der Waals surface area (Å²) in [5, 5.41) is 0. The average molecular weight is 230 g/mol. The molecule has 0 N–H and O–H groups in total. The molecule has 2 rings (SSSR count). The number of ether oxygens (including phenoxy) is 2. The molecule has 0 aromatic heterocycles. The summed E-state index contributed by atoms with van der Waals surface area (Å²) in [5.74, 6) is 1.88. The van der Waals surface area contributed by atoms with E-state index in [1.165, 1.54) is 11.1 Å². The van der Waals surface area contributed by atoms with Gasteiger partial charge >= 0.3 is 0 Å². The second-order valence-corrected chi connectivity index (χ2v) is 4.27. The van der Waals surface area contributed by atoms with Gasteiger partial charge in [0.05, 0.1) is 7.11 Å². The van der Waals surface area contributed by atoms with Gasteiger partial charge in [0.2, 0.25) is 0 Å². The van der Waals surface area contributed by atoms with Crippen LogP contribution in [0.5, 0.6) is 0 Å². The van der Waals surface area contributed by atoms with Gasteiger partial charge in [-0.05, 0) is 25.0 Å². The van der Waals surface area contributed by atoms with Crippen LogP contribution >= 0.6 is 0 Å². The van der Waals surface area contributed by atoms with Crippen LogP contribution in [-0.4, -0.2) is 7.11 Å². The molecule has 2 nitrogen and oxygen atoms in total. The van der Waals surface area contributed by atoms with Crippen molar-refractivity contribution in [2.24, 2.45) is 0 Å². The average Bonchev–Trinajstić information content (AvgIpc) is 2.39. The van der Waals surface area contributed by atoms with Crippen LogP contribution in [-0.2, 0) is 9.47 Å². The van der Waals surface area contributed by atoms with Crippen LogP contribution in [0.1, 0.15) is 31.7 Å². The largest absolute Gasteiger partial charge is 0.468 e. The lowest BCUT2D eigenvalue weighted by atomic mass is 9.90. The van der Waals surface area contributed by atoms with E-state index in [2.05, 4.69) is 37.3 Å². The first-order chi connectivity index (χ1) is 8.22. The van der Waals surface area contributed by atoms with Crippen LogP contribution in [0, 0.1) is 0 Å². The maximum Gasteiger partial charge on any atom is 0.284 e. The van der Waals surface area contributed by atoms with Crippen LogP contribution in [0.2, 0.25) is 0 Å². The molecule has 0 saturated carbocycles. The lowest BCUT2D eigenvalue weighted by Gasteiger charge is -2.23. The van der Waals surface area contributed by atoms with Gasteiger partial charge in [0.15, 0.2) is 0 Å². The van der Waals surface area contributed by atoms with Crippen LogP contribution in [0.3, 0.4) is 0 Å². The third-order valence-electron chi connectivity index (χ3n) is 3.13. The van der Waals surface area contributed by atoms with E-state index in [1.807, 2.05) is 13.0 Å². The standard InChI is InChI=1S/C15H18O2/c1-11-9-10-14(15(16-3)17-11)12(2)13-7-5-4-6-8-13/h4-9,12H,10H2,1-3H3. The lowest BCUT2D eigenvalue weighted by molar-refractivity contribution is 0.0924. The van der Waals surface area contributed by atoms with Gasteiger partial charge in [0.1, 0.15) is 5.76 Å². The Morgan fingerprint density at radius 1 is 1.24 bits per heavy atom. The van der Waals surface area contributed by atoms with E-state index in [0.717, 1.165) is 12.2 Å². The van der Waals surface area contributed by atoms with E-state index in [0.29, 0.717) is 11.9 Å². The molecule has 0 saturated heterocycles. The first kappa shape index (κ1) is 11.8. The Morgan fingerprint density at radius 2 is 1.94 bits per heavy atom. The summed E-state index contributed by atoms with van der Waals surface area (Å²) in [6, 6.07) is 10.4. The number of allylic oxidation sites excluding steroid dienone is 3. The smallest absolute Gasteiger partial charge is 0.284 e. The molecule has 90 valence electrons. The molecule has 1 heterocycles. The van der Waals surface area contributed by atoms with Crippen LogP contribution in [0.25, 0.3) is 0 Å². The van der Waals surface area contributed by atoms with E-state index in [9.17, 15) is 0 Å². The van der Waals surface area contributed by atoms with Crippen molar-refractivity contribution in [1.29, 1.82) is 0 Å². The molecule has 0 fully saturated rings. The van der Waals surface area contributed by atoms with E-state index in [1.54, 1.807) is 7.11 Å². The zero-order valence-corrected chi connectivity index (χ0v) is 10.6. The summed E-state index contributed by atoms with van der Waals surface area (Å²) in [6.45, 7) is 4.13. The fraction of sp³-hybridized carbons (Fsp3) is 0.333. The molecule has 1 aliphatic heterocycles. The van der Waals surface area contributed by atoms with Crippen LogP contribution in [0.4, 0.5) is 0 Å². The molecular weight excluding hydrogens is 212 g/mol. The number of rotatable bonds is 3. The topological polar surface area (TPSA) is 18.5 Å².